The summed E-state index contributed by atoms with van der Waals surface area (Å²) in [4.78, 5) is 12.5. The summed E-state index contributed by atoms with van der Waals surface area (Å²) in [5.41, 5.74) is 0. The van der Waals surface area contributed by atoms with Gasteiger partial charge < -0.3 is 9.15 Å². The van der Waals surface area contributed by atoms with Crippen molar-refractivity contribution in [3.8, 4) is 11.6 Å². The Morgan fingerprint density at radius 1 is 1.65 bits per heavy atom. The second-order valence-corrected chi connectivity index (χ2v) is 3.54. The fourth-order valence-corrected chi connectivity index (χ4v) is 1.32. The quantitative estimate of drug-likeness (QED) is 0.738. The van der Waals surface area contributed by atoms with E-state index in [9.17, 15) is 4.79 Å². The maximum absolute atomic E-state index is 11.1. The summed E-state index contributed by atoms with van der Waals surface area (Å²) in [6.07, 6.45) is 1.73. The third kappa shape index (κ3) is 2.49. The van der Waals surface area contributed by atoms with E-state index in [0.717, 1.165) is 0 Å². The van der Waals surface area contributed by atoms with Crippen LogP contribution >= 0.6 is 0 Å². The summed E-state index contributed by atoms with van der Waals surface area (Å²) in [6, 6.07) is 3.28. The number of esters is 1. The molecule has 0 aliphatic rings. The van der Waals surface area contributed by atoms with Gasteiger partial charge in [-0.25, -0.2) is 0 Å². The molecule has 0 aromatic carbocycles. The maximum atomic E-state index is 11.1. The third-order valence-corrected chi connectivity index (χ3v) is 2.25. The fourth-order valence-electron chi connectivity index (χ4n) is 1.32. The second-order valence-electron chi connectivity index (χ2n) is 3.54. The van der Waals surface area contributed by atoms with Crippen molar-refractivity contribution < 1.29 is 13.9 Å². The van der Waals surface area contributed by atoms with Crippen LogP contribution in [0.3, 0.4) is 0 Å². The first-order chi connectivity index (χ1) is 8.20. The van der Waals surface area contributed by atoms with Gasteiger partial charge in [0.25, 0.3) is 0 Å². The minimum Gasteiger partial charge on any atom is -0.469 e. The van der Waals surface area contributed by atoms with Crippen molar-refractivity contribution in [2.24, 2.45) is 0 Å². The van der Waals surface area contributed by atoms with Crippen molar-refractivity contribution >= 4 is 5.97 Å². The zero-order valence-corrected chi connectivity index (χ0v) is 9.53. The number of rotatable bonds is 4. The van der Waals surface area contributed by atoms with Crippen molar-refractivity contribution in [3.05, 3.63) is 18.4 Å². The Balaban J connectivity index is 2.10. The van der Waals surface area contributed by atoms with Gasteiger partial charge >= 0.3 is 5.97 Å². The number of tetrazole rings is 1. The SMILES string of the molecule is COC(=O)CC(C)n1nnc(-c2ccco2)n1. The molecule has 2 rings (SSSR count). The van der Waals surface area contributed by atoms with E-state index in [2.05, 4.69) is 20.1 Å². The smallest absolute Gasteiger partial charge is 0.307 e. The molecule has 7 heteroatoms. The van der Waals surface area contributed by atoms with Gasteiger partial charge in [0.2, 0.25) is 5.82 Å². The van der Waals surface area contributed by atoms with Crippen LogP contribution in [0.15, 0.2) is 22.8 Å². The van der Waals surface area contributed by atoms with Gasteiger partial charge in [0.05, 0.1) is 25.8 Å². The van der Waals surface area contributed by atoms with E-state index >= 15 is 0 Å². The van der Waals surface area contributed by atoms with Gasteiger partial charge in [-0.05, 0) is 24.3 Å². The highest BCUT2D eigenvalue weighted by atomic mass is 16.5. The van der Waals surface area contributed by atoms with E-state index in [1.165, 1.54) is 18.2 Å². The summed E-state index contributed by atoms with van der Waals surface area (Å²) in [5.74, 6) is 0.627. The molecule has 0 fully saturated rings. The number of aromatic nitrogens is 4. The number of methoxy groups -OCH3 is 1. The minimum atomic E-state index is -0.311. The molecule has 7 nitrogen and oxygen atoms in total. The summed E-state index contributed by atoms with van der Waals surface area (Å²) < 4.78 is 9.72. The van der Waals surface area contributed by atoms with Crippen molar-refractivity contribution in [1.82, 2.24) is 20.2 Å². The molecule has 0 spiro atoms. The van der Waals surface area contributed by atoms with Crippen LogP contribution in [0.4, 0.5) is 0 Å². The molecule has 0 amide bonds. The van der Waals surface area contributed by atoms with Gasteiger partial charge in [-0.15, -0.1) is 10.2 Å². The lowest BCUT2D eigenvalue weighted by Gasteiger charge is -2.06. The molecule has 0 bridgehead atoms. The summed E-state index contributed by atoms with van der Waals surface area (Å²) in [5, 5.41) is 11.8. The Morgan fingerprint density at radius 3 is 3.12 bits per heavy atom. The number of nitrogens with zero attached hydrogens (tertiary/aromatic N) is 4. The predicted molar refractivity (Wildman–Crippen MR) is 56.9 cm³/mol. The Labute approximate surface area is 97.4 Å². The van der Waals surface area contributed by atoms with E-state index < -0.39 is 0 Å². The van der Waals surface area contributed by atoms with Crippen LogP contribution in [0, 0.1) is 0 Å². The standard InChI is InChI=1S/C10H12N4O3/c1-7(6-9(15)16-2)14-12-10(11-13-14)8-4-3-5-17-8/h3-5,7H,6H2,1-2H3. The van der Waals surface area contributed by atoms with Crippen LogP contribution in [0.25, 0.3) is 11.6 Å². The Morgan fingerprint density at radius 2 is 2.47 bits per heavy atom. The molecule has 2 heterocycles. The number of hydrogen-bond acceptors (Lipinski definition) is 6. The van der Waals surface area contributed by atoms with Crippen LogP contribution in [0.1, 0.15) is 19.4 Å². The van der Waals surface area contributed by atoms with Gasteiger partial charge in [-0.3, -0.25) is 4.79 Å². The molecule has 0 aliphatic heterocycles. The number of ether oxygens (including phenoxy) is 1. The van der Waals surface area contributed by atoms with Crippen molar-refractivity contribution in [2.75, 3.05) is 7.11 Å². The minimum absolute atomic E-state index is 0.199. The van der Waals surface area contributed by atoms with Crippen molar-refractivity contribution in [1.29, 1.82) is 0 Å². The highest BCUT2D eigenvalue weighted by molar-refractivity contribution is 5.69. The maximum Gasteiger partial charge on any atom is 0.307 e. The molecule has 1 atom stereocenters. The summed E-state index contributed by atoms with van der Waals surface area (Å²) in [6.45, 7) is 1.81. The fraction of sp³-hybridized carbons (Fsp3) is 0.400. The zero-order chi connectivity index (χ0) is 12.3. The molecule has 90 valence electrons. The van der Waals surface area contributed by atoms with E-state index in [0.29, 0.717) is 11.6 Å². The lowest BCUT2D eigenvalue weighted by atomic mass is 10.2. The first-order valence-electron chi connectivity index (χ1n) is 5.11. The Hall–Kier alpha value is -2.18. The lowest BCUT2D eigenvalue weighted by Crippen LogP contribution is -2.14. The number of furan rings is 1. The van der Waals surface area contributed by atoms with Crippen LogP contribution in [-0.2, 0) is 9.53 Å². The molecule has 0 saturated heterocycles. The summed E-state index contributed by atoms with van der Waals surface area (Å²) >= 11 is 0. The van der Waals surface area contributed by atoms with Crippen molar-refractivity contribution in [2.45, 2.75) is 19.4 Å². The van der Waals surface area contributed by atoms with Gasteiger partial charge in [0.15, 0.2) is 5.76 Å². The molecule has 17 heavy (non-hydrogen) atoms. The van der Waals surface area contributed by atoms with E-state index in [1.54, 1.807) is 12.1 Å². The lowest BCUT2D eigenvalue weighted by molar-refractivity contribution is -0.141. The highest BCUT2D eigenvalue weighted by Crippen LogP contribution is 2.15. The number of carbonyl (C=O) groups excluding carboxylic acids is 1. The van der Waals surface area contributed by atoms with Crippen LogP contribution < -0.4 is 0 Å². The number of carbonyl (C=O) groups is 1. The molecule has 0 aliphatic carbocycles. The van der Waals surface area contributed by atoms with Gasteiger partial charge in [0.1, 0.15) is 0 Å². The predicted octanol–water partition coefficient (Wildman–Crippen LogP) is 1.06. The summed E-state index contributed by atoms with van der Waals surface area (Å²) in [7, 11) is 1.35. The van der Waals surface area contributed by atoms with Gasteiger partial charge in [-0.2, -0.15) is 4.80 Å². The first-order valence-corrected chi connectivity index (χ1v) is 5.11. The van der Waals surface area contributed by atoms with Crippen LogP contribution in [0.5, 0.6) is 0 Å². The second kappa shape index (κ2) is 4.77. The topological polar surface area (TPSA) is 83.0 Å². The van der Waals surface area contributed by atoms with E-state index in [-0.39, 0.29) is 18.4 Å². The Bertz CT molecular complexity index is 491. The van der Waals surface area contributed by atoms with E-state index in [4.69, 9.17) is 4.42 Å². The molecule has 1 unspecified atom stereocenters. The molecule has 2 aromatic heterocycles. The van der Waals surface area contributed by atoms with Gasteiger partial charge in [0, 0.05) is 0 Å². The molecule has 0 saturated carbocycles. The normalized spacial score (nSPS) is 12.4. The van der Waals surface area contributed by atoms with Crippen LogP contribution in [0.2, 0.25) is 0 Å². The molecular formula is C10H12N4O3. The molecule has 0 N–H and O–H groups in total. The average molecular weight is 236 g/mol. The first kappa shape index (κ1) is 11.3. The Kier molecular flexibility index (Phi) is 3.17. The zero-order valence-electron chi connectivity index (χ0n) is 9.53. The molecular weight excluding hydrogens is 224 g/mol. The average Bonchev–Trinajstić information content (AvgIpc) is 2.98. The molecule has 0 radical (unpaired) electrons. The number of hydrogen-bond donors (Lipinski definition) is 0. The van der Waals surface area contributed by atoms with Crippen molar-refractivity contribution in [3.63, 3.8) is 0 Å². The largest absolute Gasteiger partial charge is 0.469 e. The van der Waals surface area contributed by atoms with E-state index in [1.807, 2.05) is 6.92 Å². The van der Waals surface area contributed by atoms with Crippen LogP contribution in [-0.4, -0.2) is 33.3 Å². The monoisotopic (exact) mass is 236 g/mol. The highest BCUT2D eigenvalue weighted by Gasteiger charge is 2.15. The van der Waals surface area contributed by atoms with Gasteiger partial charge in [-0.1, -0.05) is 0 Å². The third-order valence-electron chi connectivity index (χ3n) is 2.25. The molecule has 2 aromatic rings.